The summed E-state index contributed by atoms with van der Waals surface area (Å²) in [6.07, 6.45) is 0. The third-order valence-corrected chi connectivity index (χ3v) is 8.28. The van der Waals surface area contributed by atoms with Gasteiger partial charge in [0, 0.05) is 4.21 Å². The molecule has 0 aromatic rings. The summed E-state index contributed by atoms with van der Waals surface area (Å²) in [7, 11) is -0.360. The minimum Gasteiger partial charge on any atom is -0.123 e. The van der Waals surface area contributed by atoms with Crippen LogP contribution < -0.4 is 0 Å². The van der Waals surface area contributed by atoms with Gasteiger partial charge in [0.1, 0.15) is 0 Å². The Morgan fingerprint density at radius 3 is 2.00 bits per heavy atom. The van der Waals surface area contributed by atoms with E-state index in [-0.39, 0.29) is 8.80 Å². The summed E-state index contributed by atoms with van der Waals surface area (Å²) < 4.78 is 0.926. The largest absolute Gasteiger partial charge is 0.123 e. The Kier molecular flexibility index (Phi) is 2.53. The van der Waals surface area contributed by atoms with Gasteiger partial charge in [-0.05, 0) is 10.8 Å². The molecule has 0 amide bonds. The first-order valence-corrected chi connectivity index (χ1v) is 7.63. The maximum Gasteiger partial charge on any atom is 0.0592 e. The highest BCUT2D eigenvalue weighted by Gasteiger charge is 2.15. The maximum atomic E-state index is 2.40. The molecule has 1 aliphatic rings. The molecule has 1 rings (SSSR count). The van der Waals surface area contributed by atoms with Gasteiger partial charge in [-0.2, -0.15) is 0 Å². The first-order chi connectivity index (χ1) is 3.80. The van der Waals surface area contributed by atoms with Gasteiger partial charge in [0.05, 0.1) is 8.80 Å². The number of thioether (sulfide) groups is 2. The lowest BCUT2D eigenvalue weighted by Crippen LogP contribution is -2.13. The molecule has 0 spiro atoms. The summed E-state index contributed by atoms with van der Waals surface area (Å²) in [5.74, 6) is 0. The Morgan fingerprint density at radius 1 is 1.25 bits per heavy atom. The maximum absolute atomic E-state index is 2.40. The molecule has 8 heavy (non-hydrogen) atoms. The lowest BCUT2D eigenvalue weighted by Gasteiger charge is -2.08. The third-order valence-electron chi connectivity index (χ3n) is 1.03. The van der Waals surface area contributed by atoms with Gasteiger partial charge < -0.3 is 0 Å². The zero-order valence-corrected chi connectivity index (χ0v) is 7.91. The Labute approximate surface area is 60.7 Å². The second-order valence-electron chi connectivity index (χ2n) is 2.16. The van der Waals surface area contributed by atoms with E-state index in [4.69, 9.17) is 0 Å². The van der Waals surface area contributed by atoms with Crippen molar-refractivity contribution in [1.29, 1.82) is 0 Å². The summed E-state index contributed by atoms with van der Waals surface area (Å²) in [4.78, 5) is 0. The molecule has 0 nitrogen and oxygen atoms in total. The Balaban J connectivity index is 2.29. The van der Waals surface area contributed by atoms with Crippen molar-refractivity contribution in [3.63, 3.8) is 0 Å². The standard InChI is InChI=1S/C5H10S2Si/c1-8(2)5-6-3-4-7-5/h3-5,8H,1-2H3. The highest BCUT2D eigenvalue weighted by atomic mass is 32.2. The van der Waals surface area contributed by atoms with Crippen LogP contribution in [0.1, 0.15) is 0 Å². The van der Waals surface area contributed by atoms with E-state index in [1.54, 1.807) is 0 Å². The summed E-state index contributed by atoms with van der Waals surface area (Å²) >= 11 is 3.99. The third kappa shape index (κ3) is 1.57. The van der Waals surface area contributed by atoms with Crippen LogP contribution in [0.2, 0.25) is 13.1 Å². The van der Waals surface area contributed by atoms with Crippen LogP contribution in [0.5, 0.6) is 0 Å². The van der Waals surface area contributed by atoms with Crippen LogP contribution in [0, 0.1) is 0 Å². The van der Waals surface area contributed by atoms with Gasteiger partial charge in [-0.1, -0.05) is 13.1 Å². The molecule has 0 bridgehead atoms. The van der Waals surface area contributed by atoms with Crippen molar-refractivity contribution in [2.45, 2.75) is 17.3 Å². The van der Waals surface area contributed by atoms with Crippen LogP contribution in [0.25, 0.3) is 0 Å². The van der Waals surface area contributed by atoms with Crippen molar-refractivity contribution in [2.75, 3.05) is 0 Å². The van der Waals surface area contributed by atoms with E-state index in [9.17, 15) is 0 Å². The van der Waals surface area contributed by atoms with Gasteiger partial charge in [0.25, 0.3) is 0 Å². The topological polar surface area (TPSA) is 0 Å². The van der Waals surface area contributed by atoms with Crippen LogP contribution in [-0.4, -0.2) is 13.0 Å². The molecule has 0 unspecified atom stereocenters. The average molecular weight is 162 g/mol. The molecule has 0 aromatic carbocycles. The van der Waals surface area contributed by atoms with E-state index in [0.717, 1.165) is 4.21 Å². The SMILES string of the molecule is C[SiH](C)C1SC=CS1. The quantitative estimate of drug-likeness (QED) is 0.543. The lowest BCUT2D eigenvalue weighted by atomic mass is 11.3. The molecule has 1 heterocycles. The first kappa shape index (κ1) is 6.77. The summed E-state index contributed by atoms with van der Waals surface area (Å²) in [5, 5.41) is 4.42. The van der Waals surface area contributed by atoms with Gasteiger partial charge in [0.15, 0.2) is 0 Å². The van der Waals surface area contributed by atoms with E-state index < -0.39 is 0 Å². The molecule has 3 heteroatoms. The van der Waals surface area contributed by atoms with Crippen molar-refractivity contribution in [3.8, 4) is 0 Å². The normalized spacial score (nSPS) is 20.9. The highest BCUT2D eigenvalue weighted by molar-refractivity contribution is 8.24. The zero-order chi connectivity index (χ0) is 5.98. The molecule has 0 aromatic heterocycles. The molecular formula is C5H10S2Si. The predicted molar refractivity (Wildman–Crippen MR) is 47.0 cm³/mol. The van der Waals surface area contributed by atoms with Crippen LogP contribution in [-0.2, 0) is 0 Å². The van der Waals surface area contributed by atoms with E-state index in [1.807, 2.05) is 23.5 Å². The van der Waals surface area contributed by atoms with Crippen LogP contribution >= 0.6 is 23.5 Å². The molecular weight excluding hydrogens is 152 g/mol. The number of rotatable bonds is 1. The van der Waals surface area contributed by atoms with Crippen molar-refractivity contribution in [1.82, 2.24) is 0 Å². The highest BCUT2D eigenvalue weighted by Crippen LogP contribution is 2.34. The fraction of sp³-hybridized carbons (Fsp3) is 0.600. The van der Waals surface area contributed by atoms with E-state index >= 15 is 0 Å². The van der Waals surface area contributed by atoms with Crippen LogP contribution in [0.4, 0.5) is 0 Å². The van der Waals surface area contributed by atoms with Gasteiger partial charge in [-0.25, -0.2) is 0 Å². The monoisotopic (exact) mass is 162 g/mol. The smallest absolute Gasteiger partial charge is 0.0592 e. The van der Waals surface area contributed by atoms with Gasteiger partial charge >= 0.3 is 0 Å². The molecule has 0 saturated heterocycles. The van der Waals surface area contributed by atoms with Crippen LogP contribution in [0.3, 0.4) is 0 Å². The summed E-state index contributed by atoms with van der Waals surface area (Å²) in [5.41, 5.74) is 0. The Hall–Kier alpha value is 0.657. The average Bonchev–Trinajstić information content (AvgIpc) is 2.12. The molecule has 1 aliphatic heterocycles. The number of hydrogen-bond donors (Lipinski definition) is 0. The summed E-state index contributed by atoms with van der Waals surface area (Å²) in [6, 6.07) is 0. The van der Waals surface area contributed by atoms with Crippen molar-refractivity contribution < 1.29 is 0 Å². The van der Waals surface area contributed by atoms with Gasteiger partial charge in [-0.3, -0.25) is 0 Å². The molecule has 0 aliphatic carbocycles. The van der Waals surface area contributed by atoms with E-state index in [1.165, 1.54) is 0 Å². The second kappa shape index (κ2) is 2.99. The second-order valence-corrected chi connectivity index (χ2v) is 8.68. The van der Waals surface area contributed by atoms with E-state index in [2.05, 4.69) is 23.9 Å². The lowest BCUT2D eigenvalue weighted by molar-refractivity contribution is 1.79. The summed E-state index contributed by atoms with van der Waals surface area (Å²) in [6.45, 7) is 4.80. The van der Waals surface area contributed by atoms with Gasteiger partial charge in [0.2, 0.25) is 0 Å². The van der Waals surface area contributed by atoms with Crippen molar-refractivity contribution in [2.24, 2.45) is 0 Å². The zero-order valence-electron chi connectivity index (χ0n) is 5.13. The van der Waals surface area contributed by atoms with E-state index in [0.29, 0.717) is 0 Å². The molecule has 0 saturated carbocycles. The minimum atomic E-state index is -0.360. The first-order valence-electron chi connectivity index (χ1n) is 2.76. The van der Waals surface area contributed by atoms with Crippen molar-refractivity contribution >= 4 is 32.3 Å². The van der Waals surface area contributed by atoms with Gasteiger partial charge in [-0.15, -0.1) is 23.5 Å². The Bertz CT molecular complexity index is 92.6. The molecule has 0 radical (unpaired) electrons. The molecule has 46 valence electrons. The Morgan fingerprint density at radius 2 is 1.75 bits per heavy atom. The molecule has 0 fully saturated rings. The number of hydrogen-bond acceptors (Lipinski definition) is 2. The predicted octanol–water partition coefficient (Wildman–Crippen LogP) is 2.29. The van der Waals surface area contributed by atoms with Crippen molar-refractivity contribution in [3.05, 3.63) is 10.8 Å². The minimum absolute atomic E-state index is 0.360. The molecule has 0 atom stereocenters. The fourth-order valence-corrected chi connectivity index (χ4v) is 5.09. The fourth-order valence-electron chi connectivity index (χ4n) is 0.565. The molecule has 0 N–H and O–H groups in total. The van der Waals surface area contributed by atoms with Crippen LogP contribution in [0.15, 0.2) is 10.8 Å².